The number of amides is 1. The lowest BCUT2D eigenvalue weighted by atomic mass is 10.3. The number of carbonyl (C=O) groups excluding carboxylic acids is 1. The molecule has 0 atom stereocenters. The van der Waals surface area contributed by atoms with Crippen molar-refractivity contribution >= 4 is 57.6 Å². The average Bonchev–Trinajstić information content (AvgIpc) is 3.15. The van der Waals surface area contributed by atoms with Crippen LogP contribution in [0.2, 0.25) is 10.0 Å². The summed E-state index contributed by atoms with van der Waals surface area (Å²) in [5, 5.41) is 9.04. The van der Waals surface area contributed by atoms with Crippen molar-refractivity contribution in [2.24, 2.45) is 0 Å². The number of fused-ring (bicyclic) bond motifs is 1. The fraction of sp³-hybridized carbons (Fsp3) is 0.0526. The zero-order valence-corrected chi connectivity index (χ0v) is 17.0. The second-order valence-electron chi connectivity index (χ2n) is 5.88. The molecule has 0 aliphatic rings. The van der Waals surface area contributed by atoms with Crippen LogP contribution in [0.25, 0.3) is 16.7 Å². The topological polar surface area (TPSA) is 72.7 Å². The molecule has 0 saturated heterocycles. The highest BCUT2D eigenvalue weighted by molar-refractivity contribution is 8.00. The fourth-order valence-electron chi connectivity index (χ4n) is 2.64. The first kappa shape index (κ1) is 19.6. The smallest absolute Gasteiger partial charge is 0.234 e. The molecule has 2 aromatic carbocycles. The highest BCUT2D eigenvalue weighted by atomic mass is 35.5. The first-order valence-electron chi connectivity index (χ1n) is 8.34. The van der Waals surface area contributed by atoms with Crippen LogP contribution in [-0.2, 0) is 4.79 Å². The Morgan fingerprint density at radius 2 is 1.83 bits per heavy atom. The van der Waals surface area contributed by atoms with Gasteiger partial charge in [0.2, 0.25) is 5.91 Å². The Balaban J connectivity index is 1.53. The summed E-state index contributed by atoms with van der Waals surface area (Å²) in [6.45, 7) is 0. The number of para-hydroxylation sites is 1. The zero-order chi connectivity index (χ0) is 20.4. The largest absolute Gasteiger partial charge is 0.323 e. The van der Waals surface area contributed by atoms with Gasteiger partial charge in [-0.2, -0.15) is 5.10 Å². The number of aromatic nitrogens is 4. The van der Waals surface area contributed by atoms with Crippen LogP contribution in [0.3, 0.4) is 0 Å². The Kier molecular flexibility index (Phi) is 5.66. The molecule has 0 fully saturated rings. The predicted molar refractivity (Wildman–Crippen MR) is 112 cm³/mol. The molecule has 2 aromatic heterocycles. The predicted octanol–water partition coefficient (Wildman–Crippen LogP) is 4.99. The minimum absolute atomic E-state index is 0.0927. The average molecular weight is 448 g/mol. The number of nitrogens with zero attached hydrogens (tertiary/aromatic N) is 4. The number of benzene rings is 2. The van der Waals surface area contributed by atoms with Gasteiger partial charge in [0.1, 0.15) is 17.2 Å². The number of thioether (sulfide) groups is 1. The van der Waals surface area contributed by atoms with Crippen molar-refractivity contribution in [3.63, 3.8) is 0 Å². The third-order valence-corrected chi connectivity index (χ3v) is 5.60. The molecule has 10 heteroatoms. The van der Waals surface area contributed by atoms with Crippen molar-refractivity contribution in [2.75, 3.05) is 11.1 Å². The van der Waals surface area contributed by atoms with Crippen molar-refractivity contribution in [3.05, 3.63) is 70.9 Å². The molecule has 0 spiro atoms. The third-order valence-electron chi connectivity index (χ3n) is 3.97. The number of halogens is 3. The minimum atomic E-state index is -0.333. The van der Waals surface area contributed by atoms with Crippen LogP contribution in [0, 0.1) is 5.82 Å². The van der Waals surface area contributed by atoms with Gasteiger partial charge in [-0.25, -0.2) is 19.0 Å². The van der Waals surface area contributed by atoms with Crippen LogP contribution in [-0.4, -0.2) is 31.4 Å². The van der Waals surface area contributed by atoms with Gasteiger partial charge in [0.15, 0.2) is 5.65 Å². The minimum Gasteiger partial charge on any atom is -0.323 e. The third kappa shape index (κ3) is 4.19. The van der Waals surface area contributed by atoms with Crippen LogP contribution in [0.1, 0.15) is 0 Å². The summed E-state index contributed by atoms with van der Waals surface area (Å²) in [5.74, 6) is -0.515. The number of hydrogen-bond acceptors (Lipinski definition) is 5. The maximum atomic E-state index is 13.2. The quantitative estimate of drug-likeness (QED) is 0.344. The summed E-state index contributed by atoms with van der Waals surface area (Å²) in [6.07, 6.45) is 3.01. The van der Waals surface area contributed by atoms with E-state index >= 15 is 0 Å². The normalized spacial score (nSPS) is 11.0. The Labute approximate surface area is 179 Å². The van der Waals surface area contributed by atoms with Crippen molar-refractivity contribution in [2.45, 2.75) is 5.03 Å². The van der Waals surface area contributed by atoms with E-state index in [9.17, 15) is 9.18 Å². The van der Waals surface area contributed by atoms with Gasteiger partial charge in [-0.3, -0.25) is 4.79 Å². The van der Waals surface area contributed by atoms with E-state index < -0.39 is 0 Å². The number of rotatable bonds is 5. The van der Waals surface area contributed by atoms with E-state index in [0.29, 0.717) is 37.5 Å². The van der Waals surface area contributed by atoms with Gasteiger partial charge >= 0.3 is 0 Å². The Morgan fingerprint density at radius 3 is 2.55 bits per heavy atom. The van der Waals surface area contributed by atoms with Crippen molar-refractivity contribution < 1.29 is 9.18 Å². The Hall–Kier alpha value is -2.68. The van der Waals surface area contributed by atoms with Crippen LogP contribution >= 0.6 is 35.0 Å². The molecule has 6 nitrogen and oxygen atoms in total. The molecule has 0 aliphatic heterocycles. The van der Waals surface area contributed by atoms with Gasteiger partial charge in [0, 0.05) is 0 Å². The van der Waals surface area contributed by atoms with Gasteiger partial charge < -0.3 is 5.32 Å². The van der Waals surface area contributed by atoms with Gasteiger partial charge in [0.05, 0.1) is 38.8 Å². The highest BCUT2D eigenvalue weighted by Crippen LogP contribution is 2.31. The summed E-state index contributed by atoms with van der Waals surface area (Å²) in [6, 6.07) is 10.9. The number of hydrogen-bond donors (Lipinski definition) is 1. The molecule has 4 aromatic rings. The number of carbonyl (C=O) groups is 1. The lowest BCUT2D eigenvalue weighted by Crippen LogP contribution is -2.14. The van der Waals surface area contributed by atoms with Crippen LogP contribution in [0.4, 0.5) is 10.1 Å². The van der Waals surface area contributed by atoms with E-state index in [4.69, 9.17) is 23.2 Å². The summed E-state index contributed by atoms with van der Waals surface area (Å²) >= 11 is 13.4. The summed E-state index contributed by atoms with van der Waals surface area (Å²) in [5.41, 5.74) is 1.60. The molecule has 1 amide bonds. The van der Waals surface area contributed by atoms with E-state index in [2.05, 4.69) is 20.4 Å². The first-order chi connectivity index (χ1) is 14.0. The lowest BCUT2D eigenvalue weighted by Gasteiger charge is -2.09. The van der Waals surface area contributed by atoms with Gasteiger partial charge in [0.25, 0.3) is 0 Å². The highest BCUT2D eigenvalue weighted by Gasteiger charge is 2.14. The molecule has 1 N–H and O–H groups in total. The number of anilines is 1. The monoisotopic (exact) mass is 447 g/mol. The summed E-state index contributed by atoms with van der Waals surface area (Å²) < 4.78 is 14.8. The molecule has 4 rings (SSSR count). The van der Waals surface area contributed by atoms with E-state index in [-0.39, 0.29) is 17.5 Å². The van der Waals surface area contributed by atoms with Gasteiger partial charge in [-0.05, 0) is 36.4 Å². The van der Waals surface area contributed by atoms with Crippen molar-refractivity contribution in [3.8, 4) is 5.69 Å². The second kappa shape index (κ2) is 8.36. The molecule has 2 heterocycles. The molecule has 0 radical (unpaired) electrons. The maximum absolute atomic E-state index is 13.2. The SMILES string of the molecule is O=C(CSc1ncnc2c1cnn2-c1ccc(F)cc1)Nc1c(Cl)cccc1Cl. The summed E-state index contributed by atoms with van der Waals surface area (Å²) in [7, 11) is 0. The molecular weight excluding hydrogens is 436 g/mol. The molecule has 0 saturated carbocycles. The van der Waals surface area contributed by atoms with Gasteiger partial charge in [-0.15, -0.1) is 0 Å². The van der Waals surface area contributed by atoms with Crippen LogP contribution in [0.15, 0.2) is 60.0 Å². The van der Waals surface area contributed by atoms with Crippen LogP contribution < -0.4 is 5.32 Å². The first-order valence-corrected chi connectivity index (χ1v) is 10.1. The fourth-order valence-corrected chi connectivity index (χ4v) is 3.89. The van der Waals surface area contributed by atoms with E-state index in [1.807, 2.05) is 0 Å². The molecular formula is C19H12Cl2FN5OS. The Morgan fingerprint density at radius 1 is 1.10 bits per heavy atom. The Bertz CT molecular complexity index is 1180. The van der Waals surface area contributed by atoms with Gasteiger partial charge in [-0.1, -0.05) is 41.0 Å². The van der Waals surface area contributed by atoms with E-state index in [1.165, 1.54) is 30.2 Å². The lowest BCUT2D eigenvalue weighted by molar-refractivity contribution is -0.113. The van der Waals surface area contributed by atoms with Crippen molar-refractivity contribution in [1.82, 2.24) is 19.7 Å². The number of nitrogens with one attached hydrogen (secondary N) is 1. The van der Waals surface area contributed by atoms with Crippen molar-refractivity contribution in [1.29, 1.82) is 0 Å². The molecule has 146 valence electrons. The molecule has 0 bridgehead atoms. The zero-order valence-electron chi connectivity index (χ0n) is 14.6. The maximum Gasteiger partial charge on any atom is 0.234 e. The van der Waals surface area contributed by atoms with E-state index in [1.54, 1.807) is 41.2 Å². The molecule has 29 heavy (non-hydrogen) atoms. The molecule has 0 aliphatic carbocycles. The summed E-state index contributed by atoms with van der Waals surface area (Å²) in [4.78, 5) is 20.8. The van der Waals surface area contributed by atoms with Crippen LogP contribution in [0.5, 0.6) is 0 Å². The molecule has 0 unspecified atom stereocenters. The standard InChI is InChI=1S/C19H12Cl2FN5OS/c20-14-2-1-3-15(21)17(14)26-16(28)9-29-19-13-8-25-27(18(13)23-10-24-19)12-6-4-11(22)5-7-12/h1-8,10H,9H2,(H,26,28). The van der Waals surface area contributed by atoms with E-state index in [0.717, 1.165) is 0 Å². The second-order valence-corrected chi connectivity index (χ2v) is 7.66.